The molecule has 0 aliphatic rings. The number of rotatable bonds is 2. The van der Waals surface area contributed by atoms with Crippen LogP contribution in [-0.4, -0.2) is 16.0 Å². The molecule has 0 saturated heterocycles. The van der Waals surface area contributed by atoms with Crippen LogP contribution >= 0.6 is 15.9 Å². The Labute approximate surface area is 128 Å². The molecular weight excluding hydrogens is 334 g/mol. The minimum Gasteiger partial charge on any atom is -0.493 e. The van der Waals surface area contributed by atoms with Gasteiger partial charge in [-0.1, -0.05) is 34.1 Å². The van der Waals surface area contributed by atoms with Crippen LogP contribution in [0.25, 0.3) is 10.9 Å². The summed E-state index contributed by atoms with van der Waals surface area (Å²) in [6.07, 6.45) is 0. The van der Waals surface area contributed by atoms with Gasteiger partial charge in [-0.25, -0.2) is 0 Å². The first-order chi connectivity index (χ1) is 10.1. The summed E-state index contributed by atoms with van der Waals surface area (Å²) < 4.78 is 0.880. The van der Waals surface area contributed by atoms with E-state index >= 15 is 0 Å². The highest BCUT2D eigenvalue weighted by Gasteiger charge is 2.10. The third-order valence-electron chi connectivity index (χ3n) is 2.99. The number of halogens is 1. The molecule has 0 atom stereocenters. The summed E-state index contributed by atoms with van der Waals surface area (Å²) in [5.41, 5.74) is 1.43. The molecule has 0 spiro atoms. The zero-order chi connectivity index (χ0) is 14.8. The summed E-state index contributed by atoms with van der Waals surface area (Å²) in [5, 5.41) is 18.1. The second kappa shape index (κ2) is 5.49. The van der Waals surface area contributed by atoms with Crippen molar-refractivity contribution in [2.75, 3.05) is 0 Å². The Kier molecular flexibility index (Phi) is 3.53. The zero-order valence-corrected chi connectivity index (χ0v) is 12.3. The number of carbonyl (C=O) groups excluding carboxylic acids is 1. The van der Waals surface area contributed by atoms with Crippen molar-refractivity contribution in [1.29, 1.82) is 0 Å². The number of aromatic amines is 1. The third-order valence-corrected chi connectivity index (χ3v) is 3.52. The fourth-order valence-corrected chi connectivity index (χ4v) is 2.22. The Bertz CT molecular complexity index is 838. The van der Waals surface area contributed by atoms with Crippen LogP contribution < -0.4 is 0 Å². The third kappa shape index (κ3) is 2.71. The molecule has 5 nitrogen and oxygen atoms in total. The van der Waals surface area contributed by atoms with Gasteiger partial charge in [-0.2, -0.15) is 0 Å². The SMILES string of the molecule is O=C(N=Nc1c(O)[nH]c2ccccc12)c1ccc(Br)cc1. The van der Waals surface area contributed by atoms with Crippen LogP contribution in [0.2, 0.25) is 0 Å². The van der Waals surface area contributed by atoms with Crippen molar-refractivity contribution in [3.05, 3.63) is 58.6 Å². The molecule has 104 valence electrons. The van der Waals surface area contributed by atoms with Crippen LogP contribution in [0.1, 0.15) is 10.4 Å². The monoisotopic (exact) mass is 343 g/mol. The van der Waals surface area contributed by atoms with Gasteiger partial charge < -0.3 is 10.1 Å². The molecule has 3 rings (SSSR count). The molecular formula is C15H10BrN3O2. The number of nitrogens with one attached hydrogen (secondary N) is 1. The van der Waals surface area contributed by atoms with Gasteiger partial charge in [-0.05, 0) is 30.3 Å². The van der Waals surface area contributed by atoms with Crippen LogP contribution in [0, 0.1) is 0 Å². The van der Waals surface area contributed by atoms with E-state index in [0.29, 0.717) is 10.9 Å². The van der Waals surface area contributed by atoms with Crippen LogP contribution in [0.3, 0.4) is 0 Å². The molecule has 0 radical (unpaired) electrons. The molecule has 0 saturated carbocycles. The average molecular weight is 344 g/mol. The summed E-state index contributed by atoms with van der Waals surface area (Å²) in [7, 11) is 0. The van der Waals surface area contributed by atoms with Gasteiger partial charge in [0.1, 0.15) is 0 Å². The second-order valence-corrected chi connectivity index (χ2v) is 5.30. The van der Waals surface area contributed by atoms with E-state index in [4.69, 9.17) is 0 Å². The van der Waals surface area contributed by atoms with Crippen molar-refractivity contribution in [2.45, 2.75) is 0 Å². The summed E-state index contributed by atoms with van der Waals surface area (Å²) in [6, 6.07) is 14.1. The highest BCUT2D eigenvalue weighted by atomic mass is 79.9. The number of H-pyrrole nitrogens is 1. The molecule has 6 heteroatoms. The van der Waals surface area contributed by atoms with Gasteiger partial charge in [-0.3, -0.25) is 4.79 Å². The van der Waals surface area contributed by atoms with E-state index in [1.165, 1.54) is 0 Å². The Morgan fingerprint density at radius 1 is 1.10 bits per heavy atom. The smallest absolute Gasteiger partial charge is 0.295 e. The first-order valence-corrected chi connectivity index (χ1v) is 6.96. The van der Waals surface area contributed by atoms with Gasteiger partial charge in [0.15, 0.2) is 5.69 Å². The van der Waals surface area contributed by atoms with Crippen molar-refractivity contribution in [2.24, 2.45) is 10.2 Å². The van der Waals surface area contributed by atoms with E-state index < -0.39 is 5.91 Å². The molecule has 1 heterocycles. The first kappa shape index (κ1) is 13.5. The highest BCUT2D eigenvalue weighted by Crippen LogP contribution is 2.35. The quantitative estimate of drug-likeness (QED) is 0.669. The largest absolute Gasteiger partial charge is 0.493 e. The van der Waals surface area contributed by atoms with Gasteiger partial charge in [0.25, 0.3) is 5.91 Å². The maximum Gasteiger partial charge on any atom is 0.295 e. The minimum atomic E-state index is -0.466. The predicted molar refractivity (Wildman–Crippen MR) is 83.0 cm³/mol. The van der Waals surface area contributed by atoms with Crippen LogP contribution in [0.4, 0.5) is 5.69 Å². The summed E-state index contributed by atoms with van der Waals surface area (Å²) in [4.78, 5) is 14.7. The van der Waals surface area contributed by atoms with E-state index in [2.05, 4.69) is 31.1 Å². The van der Waals surface area contributed by atoms with Crippen LogP contribution in [0.15, 0.2) is 63.2 Å². The minimum absolute atomic E-state index is 0.108. The average Bonchev–Trinajstić information content (AvgIpc) is 2.81. The number of para-hydroxylation sites is 1. The molecule has 2 N–H and O–H groups in total. The lowest BCUT2D eigenvalue weighted by atomic mass is 10.2. The molecule has 0 fully saturated rings. The molecule has 2 aromatic carbocycles. The number of benzene rings is 2. The van der Waals surface area contributed by atoms with Crippen molar-refractivity contribution in [3.63, 3.8) is 0 Å². The number of amides is 1. The maximum absolute atomic E-state index is 11.9. The molecule has 0 bridgehead atoms. The predicted octanol–water partition coefficient (Wildman–Crippen LogP) is 4.56. The van der Waals surface area contributed by atoms with Gasteiger partial charge in [0, 0.05) is 15.4 Å². The Morgan fingerprint density at radius 2 is 1.81 bits per heavy atom. The number of fused-ring (bicyclic) bond motifs is 1. The molecule has 0 aliphatic carbocycles. The number of aromatic nitrogens is 1. The Morgan fingerprint density at radius 3 is 2.57 bits per heavy atom. The number of azo groups is 1. The molecule has 1 aromatic heterocycles. The summed E-state index contributed by atoms with van der Waals surface area (Å²) in [5.74, 6) is -0.573. The molecule has 0 aliphatic heterocycles. The zero-order valence-electron chi connectivity index (χ0n) is 10.7. The van der Waals surface area contributed by atoms with Crippen molar-refractivity contribution < 1.29 is 9.90 Å². The lowest BCUT2D eigenvalue weighted by Gasteiger charge is -1.95. The van der Waals surface area contributed by atoms with Crippen molar-refractivity contribution >= 4 is 38.4 Å². The van der Waals surface area contributed by atoms with E-state index in [9.17, 15) is 9.90 Å². The lowest BCUT2D eigenvalue weighted by Crippen LogP contribution is -1.92. The van der Waals surface area contributed by atoms with Crippen molar-refractivity contribution in [1.82, 2.24) is 4.98 Å². The highest BCUT2D eigenvalue weighted by molar-refractivity contribution is 9.10. The summed E-state index contributed by atoms with van der Waals surface area (Å²) in [6.45, 7) is 0. The second-order valence-electron chi connectivity index (χ2n) is 4.38. The van der Waals surface area contributed by atoms with Crippen LogP contribution in [-0.2, 0) is 0 Å². The fourth-order valence-electron chi connectivity index (χ4n) is 1.96. The van der Waals surface area contributed by atoms with Gasteiger partial charge in [0.05, 0.1) is 5.52 Å². The van der Waals surface area contributed by atoms with Gasteiger partial charge >= 0.3 is 0 Å². The topological polar surface area (TPSA) is 77.8 Å². The van der Waals surface area contributed by atoms with Crippen LogP contribution in [0.5, 0.6) is 5.88 Å². The normalized spacial score (nSPS) is 11.3. The molecule has 3 aromatic rings. The lowest BCUT2D eigenvalue weighted by molar-refractivity contribution is 0.0995. The molecule has 1 amide bonds. The van der Waals surface area contributed by atoms with E-state index in [0.717, 1.165) is 9.99 Å². The number of nitrogens with zero attached hydrogens (tertiary/aromatic N) is 2. The number of hydrogen-bond donors (Lipinski definition) is 2. The Balaban J connectivity index is 1.92. The van der Waals surface area contributed by atoms with E-state index in [-0.39, 0.29) is 11.6 Å². The summed E-state index contributed by atoms with van der Waals surface area (Å²) >= 11 is 3.30. The Hall–Kier alpha value is -2.47. The van der Waals surface area contributed by atoms with E-state index in [1.807, 2.05) is 18.2 Å². The van der Waals surface area contributed by atoms with Gasteiger partial charge in [-0.15, -0.1) is 10.2 Å². The molecule has 21 heavy (non-hydrogen) atoms. The standard InChI is InChI=1S/C15H10BrN3O2/c16-10-7-5-9(6-8-10)14(20)19-18-13-11-3-1-2-4-12(11)17-15(13)21/h1-8,17,21H. The number of hydrogen-bond acceptors (Lipinski definition) is 3. The maximum atomic E-state index is 11.9. The van der Waals surface area contributed by atoms with Gasteiger partial charge in [0.2, 0.25) is 5.88 Å². The van der Waals surface area contributed by atoms with Crippen molar-refractivity contribution in [3.8, 4) is 5.88 Å². The van der Waals surface area contributed by atoms with E-state index in [1.54, 1.807) is 30.3 Å². The number of carbonyl (C=O) groups is 1. The number of aromatic hydroxyl groups is 1. The first-order valence-electron chi connectivity index (χ1n) is 6.16. The fraction of sp³-hybridized carbons (Fsp3) is 0. The molecule has 0 unspecified atom stereocenters.